The Balaban J connectivity index is 1.74. The molecule has 4 nitrogen and oxygen atoms in total. The summed E-state index contributed by atoms with van der Waals surface area (Å²) in [6.07, 6.45) is 6.72. The van der Waals surface area contributed by atoms with Crippen molar-refractivity contribution in [2.45, 2.75) is 32.6 Å². The molecule has 1 N–H and O–H groups in total. The number of hydrogen-bond donors (Lipinski definition) is 1. The second-order valence-corrected chi connectivity index (χ2v) is 7.07. The van der Waals surface area contributed by atoms with Crippen LogP contribution in [0.3, 0.4) is 0 Å². The maximum Gasteiger partial charge on any atom is 0.274 e. The van der Waals surface area contributed by atoms with Crippen molar-refractivity contribution in [1.82, 2.24) is 4.98 Å². The minimum Gasteiger partial charge on any atom is -0.371 e. The largest absolute Gasteiger partial charge is 0.371 e. The van der Waals surface area contributed by atoms with Crippen LogP contribution in [-0.2, 0) is 0 Å². The molecule has 1 aliphatic heterocycles. The Bertz CT molecular complexity index is 724. The lowest BCUT2D eigenvalue weighted by atomic mass is 10.2. The van der Waals surface area contributed by atoms with Gasteiger partial charge in [0.1, 0.15) is 5.69 Å². The number of nitrogens with one attached hydrogen (secondary N) is 1. The Morgan fingerprint density at radius 3 is 2.58 bits per heavy atom. The number of carbonyl (C=O) groups is 1. The van der Waals surface area contributed by atoms with Crippen molar-refractivity contribution in [2.75, 3.05) is 23.3 Å². The van der Waals surface area contributed by atoms with Crippen LogP contribution in [0.2, 0.25) is 0 Å². The van der Waals surface area contributed by atoms with Crippen molar-refractivity contribution in [3.05, 3.63) is 52.3 Å². The molecule has 0 spiro atoms. The molecule has 126 valence electrons. The van der Waals surface area contributed by atoms with E-state index in [1.54, 1.807) is 6.20 Å². The minimum absolute atomic E-state index is 0.173. The normalized spacial score (nSPS) is 15.0. The van der Waals surface area contributed by atoms with Gasteiger partial charge in [0.25, 0.3) is 5.91 Å². The Kier molecular flexibility index (Phi) is 5.51. The van der Waals surface area contributed by atoms with Gasteiger partial charge in [-0.25, -0.2) is 0 Å². The van der Waals surface area contributed by atoms with Gasteiger partial charge in [-0.2, -0.15) is 0 Å². The second-order valence-electron chi connectivity index (χ2n) is 6.22. The average molecular weight is 388 g/mol. The highest BCUT2D eigenvalue weighted by Gasteiger charge is 2.14. The van der Waals surface area contributed by atoms with Crippen molar-refractivity contribution >= 4 is 33.2 Å². The molecule has 1 amide bonds. The Labute approximate surface area is 151 Å². The molecule has 1 aliphatic rings. The predicted molar refractivity (Wildman–Crippen MR) is 102 cm³/mol. The number of anilines is 2. The molecule has 1 aromatic heterocycles. The van der Waals surface area contributed by atoms with Crippen molar-refractivity contribution in [3.63, 3.8) is 0 Å². The van der Waals surface area contributed by atoms with Gasteiger partial charge in [0, 0.05) is 35.1 Å². The molecule has 2 heterocycles. The maximum atomic E-state index is 12.5. The first-order chi connectivity index (χ1) is 11.6. The summed E-state index contributed by atoms with van der Waals surface area (Å²) < 4.78 is 1.03. The van der Waals surface area contributed by atoms with Crippen LogP contribution >= 0.6 is 15.9 Å². The Morgan fingerprint density at radius 1 is 1.12 bits per heavy atom. The first-order valence-corrected chi connectivity index (χ1v) is 9.21. The predicted octanol–water partition coefficient (Wildman–Crippen LogP) is 4.79. The van der Waals surface area contributed by atoms with E-state index < -0.39 is 0 Å². The van der Waals surface area contributed by atoms with Gasteiger partial charge in [0.2, 0.25) is 0 Å². The lowest BCUT2D eigenvalue weighted by Crippen LogP contribution is -2.24. The van der Waals surface area contributed by atoms with E-state index in [0.717, 1.165) is 34.5 Å². The fourth-order valence-electron chi connectivity index (χ4n) is 2.99. The fraction of sp³-hybridized carbons (Fsp3) is 0.368. The number of rotatable bonds is 3. The topological polar surface area (TPSA) is 45.2 Å². The smallest absolute Gasteiger partial charge is 0.274 e. The van der Waals surface area contributed by atoms with E-state index in [2.05, 4.69) is 31.1 Å². The van der Waals surface area contributed by atoms with Crippen molar-refractivity contribution in [1.29, 1.82) is 0 Å². The number of benzene rings is 1. The summed E-state index contributed by atoms with van der Waals surface area (Å²) in [5.41, 5.74) is 3.41. The van der Waals surface area contributed by atoms with Crippen LogP contribution in [0.1, 0.15) is 41.7 Å². The zero-order chi connectivity index (χ0) is 16.9. The van der Waals surface area contributed by atoms with Crippen LogP contribution in [0.5, 0.6) is 0 Å². The van der Waals surface area contributed by atoms with Crippen LogP contribution in [0, 0.1) is 6.92 Å². The highest BCUT2D eigenvalue weighted by Crippen LogP contribution is 2.22. The summed E-state index contributed by atoms with van der Waals surface area (Å²) in [7, 11) is 0. The molecule has 2 aromatic rings. The van der Waals surface area contributed by atoms with Crippen LogP contribution in [0.15, 0.2) is 41.0 Å². The molecule has 0 saturated carbocycles. The minimum atomic E-state index is -0.173. The number of aryl methyl sites for hydroxylation is 1. The number of aromatic nitrogens is 1. The summed E-state index contributed by atoms with van der Waals surface area (Å²) in [5, 5.41) is 2.93. The summed E-state index contributed by atoms with van der Waals surface area (Å²) in [5.74, 6) is -0.173. The molecule has 5 heteroatoms. The fourth-order valence-corrected chi connectivity index (χ4v) is 3.23. The molecule has 0 radical (unpaired) electrons. The quantitative estimate of drug-likeness (QED) is 0.823. The molecule has 0 atom stereocenters. The van der Waals surface area contributed by atoms with Gasteiger partial charge in [-0.05, 0) is 55.7 Å². The lowest BCUT2D eigenvalue weighted by Gasteiger charge is -2.22. The first-order valence-electron chi connectivity index (χ1n) is 8.42. The van der Waals surface area contributed by atoms with Crippen molar-refractivity contribution in [3.8, 4) is 0 Å². The van der Waals surface area contributed by atoms with Crippen molar-refractivity contribution in [2.24, 2.45) is 0 Å². The molecular weight excluding hydrogens is 366 g/mol. The van der Waals surface area contributed by atoms with Gasteiger partial charge in [0.05, 0.1) is 0 Å². The third kappa shape index (κ3) is 4.15. The Morgan fingerprint density at radius 2 is 1.88 bits per heavy atom. The number of nitrogens with zero attached hydrogens (tertiary/aromatic N) is 2. The second kappa shape index (κ2) is 7.79. The monoisotopic (exact) mass is 387 g/mol. The van der Waals surface area contributed by atoms with Crippen molar-refractivity contribution < 1.29 is 4.79 Å². The van der Waals surface area contributed by atoms with Gasteiger partial charge in [0.15, 0.2) is 0 Å². The molecule has 24 heavy (non-hydrogen) atoms. The number of hydrogen-bond acceptors (Lipinski definition) is 3. The SMILES string of the molecule is Cc1cc(NC(=O)c2cc(N3CCCCCC3)ccn2)ccc1Br. The lowest BCUT2D eigenvalue weighted by molar-refractivity contribution is 0.102. The van der Waals surface area contributed by atoms with E-state index in [0.29, 0.717) is 5.69 Å². The summed E-state index contributed by atoms with van der Waals surface area (Å²) in [4.78, 5) is 19.1. The molecule has 1 fully saturated rings. The molecule has 1 saturated heterocycles. The van der Waals surface area contributed by atoms with Gasteiger partial charge in [-0.15, -0.1) is 0 Å². The van der Waals surface area contributed by atoms with E-state index in [9.17, 15) is 4.79 Å². The molecule has 0 unspecified atom stereocenters. The summed E-state index contributed by atoms with van der Waals surface area (Å²) >= 11 is 3.47. The number of carbonyl (C=O) groups excluding carboxylic acids is 1. The average Bonchev–Trinajstić information content (AvgIpc) is 2.88. The van der Waals surface area contributed by atoms with E-state index in [1.165, 1.54) is 25.7 Å². The first kappa shape index (κ1) is 17.0. The van der Waals surface area contributed by atoms with E-state index in [4.69, 9.17) is 0 Å². The zero-order valence-corrected chi connectivity index (χ0v) is 15.5. The molecule has 3 rings (SSSR count). The third-order valence-electron chi connectivity index (χ3n) is 4.36. The molecule has 0 aliphatic carbocycles. The van der Waals surface area contributed by atoms with Gasteiger partial charge < -0.3 is 10.2 Å². The standard InChI is InChI=1S/C19H22BrN3O/c1-14-12-15(6-7-17(14)20)22-19(24)18-13-16(8-9-21-18)23-10-4-2-3-5-11-23/h6-9,12-13H,2-5,10-11H2,1H3,(H,22,24). The van der Waals surface area contributed by atoms with E-state index >= 15 is 0 Å². The van der Waals surface area contributed by atoms with Crippen LogP contribution in [-0.4, -0.2) is 24.0 Å². The van der Waals surface area contributed by atoms with Crippen LogP contribution in [0.25, 0.3) is 0 Å². The zero-order valence-electron chi connectivity index (χ0n) is 13.9. The number of pyridine rings is 1. The van der Waals surface area contributed by atoms with E-state index in [1.807, 2.05) is 37.3 Å². The van der Waals surface area contributed by atoms with Crippen LogP contribution in [0.4, 0.5) is 11.4 Å². The van der Waals surface area contributed by atoms with E-state index in [-0.39, 0.29) is 5.91 Å². The highest BCUT2D eigenvalue weighted by atomic mass is 79.9. The molecular formula is C19H22BrN3O. The van der Waals surface area contributed by atoms with Crippen LogP contribution < -0.4 is 10.2 Å². The summed E-state index contributed by atoms with van der Waals surface area (Å²) in [6, 6.07) is 9.65. The van der Waals surface area contributed by atoms with Gasteiger partial charge in [-0.1, -0.05) is 28.8 Å². The Hall–Kier alpha value is -1.88. The molecule has 1 aromatic carbocycles. The summed E-state index contributed by atoms with van der Waals surface area (Å²) in [6.45, 7) is 4.10. The number of halogens is 1. The maximum absolute atomic E-state index is 12.5. The van der Waals surface area contributed by atoms with Gasteiger partial charge >= 0.3 is 0 Å². The third-order valence-corrected chi connectivity index (χ3v) is 5.25. The highest BCUT2D eigenvalue weighted by molar-refractivity contribution is 9.10. The number of amides is 1. The molecule has 0 bridgehead atoms. The van der Waals surface area contributed by atoms with Gasteiger partial charge in [-0.3, -0.25) is 9.78 Å².